The Morgan fingerprint density at radius 2 is 2.00 bits per heavy atom. The molecule has 0 unspecified atom stereocenters. The molecule has 2 saturated heterocycles. The maximum Gasteiger partial charge on any atom is 0.318 e. The van der Waals surface area contributed by atoms with Crippen LogP contribution in [-0.2, 0) is 17.8 Å². The number of carbonyl (C=O) groups is 1. The molecule has 1 aliphatic carbocycles. The molecule has 214 valence electrons. The summed E-state index contributed by atoms with van der Waals surface area (Å²) in [5.41, 5.74) is 3.22. The number of likely N-dealkylation sites (tertiary alicyclic amines) is 1. The van der Waals surface area contributed by atoms with Crippen LogP contribution in [0.2, 0.25) is 5.02 Å². The number of anilines is 2. The fourth-order valence-electron chi connectivity index (χ4n) is 7.37. The van der Waals surface area contributed by atoms with Crippen molar-refractivity contribution in [1.29, 1.82) is 0 Å². The molecule has 0 radical (unpaired) electrons. The molecule has 3 fully saturated rings. The maximum atomic E-state index is 12.8. The van der Waals surface area contributed by atoms with Crippen LogP contribution in [0.4, 0.5) is 11.5 Å². The molecule has 0 spiro atoms. The average molecular weight is 572 g/mol. The monoisotopic (exact) mass is 571 g/mol. The molecule has 1 saturated carbocycles. The number of rotatable bonds is 7. The minimum Gasteiger partial charge on any atom is -0.462 e. The van der Waals surface area contributed by atoms with E-state index < -0.39 is 0 Å². The van der Waals surface area contributed by atoms with E-state index in [1.54, 1.807) is 6.08 Å². The Kier molecular flexibility index (Phi) is 6.90. The third kappa shape index (κ3) is 4.77. The molecule has 0 amide bonds. The van der Waals surface area contributed by atoms with Crippen LogP contribution in [0, 0.1) is 11.3 Å². The highest BCUT2D eigenvalue weighted by atomic mass is 35.5. The lowest BCUT2D eigenvalue weighted by molar-refractivity contribution is -0.120. The van der Waals surface area contributed by atoms with Crippen molar-refractivity contribution in [2.24, 2.45) is 11.3 Å². The van der Waals surface area contributed by atoms with Crippen LogP contribution in [0.15, 0.2) is 48.6 Å². The van der Waals surface area contributed by atoms with E-state index in [1.165, 1.54) is 12.0 Å². The summed E-state index contributed by atoms with van der Waals surface area (Å²) in [6, 6.07) is 13.3. The molecular weight excluding hydrogens is 534 g/mol. The Morgan fingerprint density at radius 1 is 1.15 bits per heavy atom. The average Bonchev–Trinajstić information content (AvgIpc) is 3.60. The number of carbonyl (C=O) groups excluding carboxylic acids is 1. The van der Waals surface area contributed by atoms with E-state index in [4.69, 9.17) is 26.3 Å². The van der Waals surface area contributed by atoms with Gasteiger partial charge in [0.15, 0.2) is 5.78 Å². The molecule has 3 aromatic rings. The number of ether oxygens (including phenoxy) is 1. The Hall–Kier alpha value is -3.16. The molecule has 4 heterocycles. The predicted molar refractivity (Wildman–Crippen MR) is 164 cm³/mol. The van der Waals surface area contributed by atoms with Crippen LogP contribution in [0.5, 0.6) is 6.01 Å². The van der Waals surface area contributed by atoms with Crippen LogP contribution in [0.1, 0.15) is 43.9 Å². The van der Waals surface area contributed by atoms with Gasteiger partial charge in [0, 0.05) is 47.7 Å². The minimum atomic E-state index is -0.160. The van der Waals surface area contributed by atoms with Gasteiger partial charge in [-0.1, -0.05) is 41.9 Å². The van der Waals surface area contributed by atoms with Crippen molar-refractivity contribution in [1.82, 2.24) is 14.9 Å². The summed E-state index contributed by atoms with van der Waals surface area (Å²) in [6.45, 7) is 6.86. The van der Waals surface area contributed by atoms with Crippen molar-refractivity contribution in [3.8, 4) is 6.01 Å². The van der Waals surface area contributed by atoms with Gasteiger partial charge in [-0.3, -0.25) is 4.79 Å². The summed E-state index contributed by atoms with van der Waals surface area (Å²) in [4.78, 5) is 30.1. The molecule has 7 nitrogen and oxygen atoms in total. The number of nitrogens with zero attached hydrogens (tertiary/aromatic N) is 5. The summed E-state index contributed by atoms with van der Waals surface area (Å²) >= 11 is 6.71. The summed E-state index contributed by atoms with van der Waals surface area (Å²) in [5.74, 6) is 1.68. The summed E-state index contributed by atoms with van der Waals surface area (Å²) < 4.78 is 6.32. The van der Waals surface area contributed by atoms with Gasteiger partial charge in [0.05, 0.1) is 17.3 Å². The zero-order chi connectivity index (χ0) is 28.1. The van der Waals surface area contributed by atoms with Crippen molar-refractivity contribution in [3.05, 3.63) is 64.8 Å². The van der Waals surface area contributed by atoms with Gasteiger partial charge in [0.1, 0.15) is 12.4 Å². The van der Waals surface area contributed by atoms with Crippen LogP contribution >= 0.6 is 11.6 Å². The normalized spacial score (nSPS) is 25.9. The lowest BCUT2D eigenvalue weighted by Gasteiger charge is -2.36. The number of benzene rings is 2. The fourth-order valence-corrected chi connectivity index (χ4v) is 7.65. The van der Waals surface area contributed by atoms with E-state index in [2.05, 4.69) is 46.0 Å². The first kappa shape index (κ1) is 26.7. The SMILES string of the molecule is C/C=C/C(=O)[C@@]12CCN(c3nc(OC[C@@H]4CCCN4C)nc4c3CCN(c3cccc5cccc(Cl)c35)C4)C[C@@H]1C2. The summed E-state index contributed by atoms with van der Waals surface area (Å²) in [7, 11) is 2.16. The molecule has 3 aliphatic heterocycles. The van der Waals surface area contributed by atoms with Crippen LogP contribution in [-0.4, -0.2) is 66.5 Å². The Labute approximate surface area is 247 Å². The second-order valence-corrected chi connectivity index (χ2v) is 12.7. The molecule has 1 aromatic heterocycles. The van der Waals surface area contributed by atoms with Crippen LogP contribution < -0.4 is 14.5 Å². The fraction of sp³-hybridized carbons (Fsp3) is 0.485. The first-order chi connectivity index (χ1) is 20.0. The second-order valence-electron chi connectivity index (χ2n) is 12.2. The van der Waals surface area contributed by atoms with E-state index in [1.807, 2.05) is 25.1 Å². The van der Waals surface area contributed by atoms with Gasteiger partial charge in [-0.05, 0) is 82.1 Å². The standard InChI is InChI=1S/C33H38ClN5O2/c1-3-7-29(40)33-14-17-39(19-23(33)18-33)31-25-13-16-38(28-12-5-9-22-8-4-11-26(34)30(22)28)20-27(25)35-32(36-31)41-21-24-10-6-15-37(24)2/h3-5,7-9,11-12,23-24H,6,10,13-21H2,1-2H3/b7-3+/t23-,24-,33+/m0/s1. The number of fused-ring (bicyclic) bond motifs is 3. The highest BCUT2D eigenvalue weighted by Gasteiger charge is 2.60. The van der Waals surface area contributed by atoms with Gasteiger partial charge in [0.2, 0.25) is 0 Å². The Bertz CT molecular complexity index is 1520. The number of piperidine rings is 1. The third-order valence-electron chi connectivity index (χ3n) is 9.88. The van der Waals surface area contributed by atoms with Crippen LogP contribution in [0.25, 0.3) is 10.8 Å². The largest absolute Gasteiger partial charge is 0.462 e. The first-order valence-corrected chi connectivity index (χ1v) is 15.4. The van der Waals surface area contributed by atoms with Crippen molar-refractivity contribution in [3.63, 3.8) is 0 Å². The zero-order valence-electron chi connectivity index (χ0n) is 24.0. The second kappa shape index (κ2) is 10.6. The summed E-state index contributed by atoms with van der Waals surface area (Å²) in [6.07, 6.45) is 8.69. The van der Waals surface area contributed by atoms with E-state index in [-0.39, 0.29) is 5.41 Å². The quantitative estimate of drug-likeness (QED) is 0.338. The van der Waals surface area contributed by atoms with Gasteiger partial charge in [-0.15, -0.1) is 0 Å². The molecular formula is C33H38ClN5O2. The van der Waals surface area contributed by atoms with Crippen molar-refractivity contribution < 1.29 is 9.53 Å². The van der Waals surface area contributed by atoms with Crippen molar-refractivity contribution in [2.45, 2.75) is 51.6 Å². The number of halogens is 1. The van der Waals surface area contributed by atoms with Gasteiger partial charge in [0.25, 0.3) is 0 Å². The van der Waals surface area contributed by atoms with E-state index in [9.17, 15) is 4.79 Å². The molecule has 41 heavy (non-hydrogen) atoms. The molecule has 3 atom stereocenters. The smallest absolute Gasteiger partial charge is 0.318 e. The molecule has 0 N–H and O–H groups in total. The lowest BCUT2D eigenvalue weighted by atomic mass is 9.90. The maximum absolute atomic E-state index is 12.8. The van der Waals surface area contributed by atoms with E-state index in [0.29, 0.717) is 36.9 Å². The minimum absolute atomic E-state index is 0.160. The van der Waals surface area contributed by atoms with Gasteiger partial charge in [-0.25, -0.2) is 0 Å². The van der Waals surface area contributed by atoms with Crippen molar-refractivity contribution >= 4 is 39.7 Å². The molecule has 4 aliphatic rings. The lowest BCUT2D eigenvalue weighted by Crippen LogP contribution is -2.40. The highest BCUT2D eigenvalue weighted by Crippen LogP contribution is 2.59. The van der Waals surface area contributed by atoms with Gasteiger partial charge >= 0.3 is 6.01 Å². The topological polar surface area (TPSA) is 61.8 Å². The Morgan fingerprint density at radius 3 is 2.78 bits per heavy atom. The molecule has 2 aromatic carbocycles. The number of hydrogen-bond donors (Lipinski definition) is 0. The van der Waals surface area contributed by atoms with Gasteiger partial charge < -0.3 is 19.4 Å². The predicted octanol–water partition coefficient (Wildman–Crippen LogP) is 5.68. The van der Waals surface area contributed by atoms with E-state index >= 15 is 0 Å². The zero-order valence-corrected chi connectivity index (χ0v) is 24.7. The third-order valence-corrected chi connectivity index (χ3v) is 10.2. The molecule has 7 rings (SSSR count). The number of likely N-dealkylation sites (N-methyl/N-ethyl adjacent to an activating group) is 1. The summed E-state index contributed by atoms with van der Waals surface area (Å²) in [5, 5.41) is 3.00. The van der Waals surface area contributed by atoms with Crippen LogP contribution in [0.3, 0.4) is 0 Å². The number of aromatic nitrogens is 2. The Balaban J connectivity index is 1.20. The number of hydrogen-bond acceptors (Lipinski definition) is 7. The first-order valence-electron chi connectivity index (χ1n) is 15.0. The molecule has 8 heteroatoms. The van der Waals surface area contributed by atoms with E-state index in [0.717, 1.165) is 84.9 Å². The number of ketones is 1. The number of allylic oxidation sites excluding steroid dienone is 2. The van der Waals surface area contributed by atoms with Crippen molar-refractivity contribution in [2.75, 3.05) is 49.6 Å². The molecule has 0 bridgehead atoms. The van der Waals surface area contributed by atoms with Gasteiger partial charge in [-0.2, -0.15) is 9.97 Å². The highest BCUT2D eigenvalue weighted by molar-refractivity contribution is 6.36.